The van der Waals surface area contributed by atoms with Crippen molar-refractivity contribution in [3.05, 3.63) is 71.3 Å². The van der Waals surface area contributed by atoms with Gasteiger partial charge >= 0.3 is 24.2 Å². The lowest BCUT2D eigenvalue weighted by Crippen LogP contribution is -2.56. The first kappa shape index (κ1) is 40.6. The first-order valence-electron chi connectivity index (χ1n) is 18.3. The molecule has 0 saturated carbocycles. The highest BCUT2D eigenvalue weighted by atomic mass is 16.6. The van der Waals surface area contributed by atoms with Crippen LogP contribution < -0.4 is 0 Å². The molecule has 1 fully saturated rings. The number of ether oxygens (including phenoxy) is 4. The molecular weight excluding hydrogens is 686 g/mol. The molecule has 2 aliphatic heterocycles. The summed E-state index contributed by atoms with van der Waals surface area (Å²) >= 11 is 0. The third-order valence-electron chi connectivity index (χ3n) is 9.17. The topological polar surface area (TPSA) is 156 Å². The second-order valence-electron chi connectivity index (χ2n) is 12.7. The zero-order valence-electron chi connectivity index (χ0n) is 31.1. The number of rotatable bonds is 11. The fraction of sp³-hybridized carbons (Fsp3) is 0.526. The Morgan fingerprint density at radius 3 is 1.66 bits per heavy atom. The molecule has 0 aromatic heterocycles. The fourth-order valence-electron chi connectivity index (χ4n) is 6.45. The standard InChI is InChI=1S/C38H51N5O10/c1-5-50-36(47)39-20-21-40(37(48)51-6-2)24-25-42(28(4)26-41(23-22-39)38(49)52-7-3)32(35(46)53-27-29-14-9-8-10-15-29)18-13-19-43-33(44)30-16-11-12-17-31(30)34(43)45/h8-12,14-17,28,32H,5-7,13,18-27H2,1-4H3. The number of imide groups is 1. The van der Waals surface area contributed by atoms with Crippen LogP contribution in [0.1, 0.15) is 66.8 Å². The summed E-state index contributed by atoms with van der Waals surface area (Å²) in [5.74, 6) is -1.31. The average Bonchev–Trinajstić information content (AvgIpc) is 3.39. The minimum Gasteiger partial charge on any atom is -0.460 e. The molecule has 5 amide bonds. The van der Waals surface area contributed by atoms with Gasteiger partial charge in [-0.1, -0.05) is 42.5 Å². The van der Waals surface area contributed by atoms with Crippen LogP contribution in [0, 0.1) is 0 Å². The fourth-order valence-corrected chi connectivity index (χ4v) is 6.45. The third kappa shape index (κ3) is 10.9. The Morgan fingerprint density at radius 1 is 0.660 bits per heavy atom. The highest BCUT2D eigenvalue weighted by molar-refractivity contribution is 6.21. The van der Waals surface area contributed by atoms with Crippen LogP contribution in [-0.2, 0) is 30.3 Å². The summed E-state index contributed by atoms with van der Waals surface area (Å²) in [6.07, 6.45) is -1.27. The molecule has 2 aromatic carbocycles. The van der Waals surface area contributed by atoms with E-state index >= 15 is 0 Å². The molecule has 0 radical (unpaired) electrons. The van der Waals surface area contributed by atoms with Crippen molar-refractivity contribution < 1.29 is 47.7 Å². The van der Waals surface area contributed by atoms with Crippen molar-refractivity contribution in [2.24, 2.45) is 0 Å². The first-order chi connectivity index (χ1) is 25.6. The van der Waals surface area contributed by atoms with E-state index in [2.05, 4.69) is 0 Å². The number of hydrogen-bond acceptors (Lipinski definition) is 11. The third-order valence-corrected chi connectivity index (χ3v) is 9.17. The van der Waals surface area contributed by atoms with Gasteiger partial charge in [0, 0.05) is 58.4 Å². The molecule has 2 unspecified atom stereocenters. The SMILES string of the molecule is CCOC(=O)N1CCN(C(=O)OCC)CCN(C(CCCN2C(=O)c3ccccc3C2=O)C(=O)OCc2ccccc2)C(C)CN(C(=O)OCC)CC1. The molecule has 53 heavy (non-hydrogen) atoms. The van der Waals surface area contributed by atoms with Crippen LogP contribution in [-0.4, -0.2) is 145 Å². The van der Waals surface area contributed by atoms with Crippen LogP contribution in [0.3, 0.4) is 0 Å². The number of esters is 1. The number of nitrogens with zero attached hydrogens (tertiary/aromatic N) is 5. The van der Waals surface area contributed by atoms with Crippen molar-refractivity contribution in [2.45, 2.75) is 59.2 Å². The van der Waals surface area contributed by atoms with E-state index in [1.165, 1.54) is 19.6 Å². The van der Waals surface area contributed by atoms with E-state index in [0.717, 1.165) is 5.56 Å². The summed E-state index contributed by atoms with van der Waals surface area (Å²) in [6, 6.07) is 14.5. The van der Waals surface area contributed by atoms with Gasteiger partial charge in [0.15, 0.2) is 0 Å². The Kier molecular flexibility index (Phi) is 15.4. The van der Waals surface area contributed by atoms with Gasteiger partial charge in [-0.15, -0.1) is 0 Å². The van der Waals surface area contributed by atoms with Crippen molar-refractivity contribution in [1.82, 2.24) is 24.5 Å². The number of amides is 5. The number of benzene rings is 2. The van der Waals surface area contributed by atoms with Crippen molar-refractivity contribution in [1.29, 1.82) is 0 Å². The molecule has 1 saturated heterocycles. The van der Waals surface area contributed by atoms with Crippen LogP contribution in [0.25, 0.3) is 0 Å². The molecule has 2 atom stereocenters. The van der Waals surface area contributed by atoms with E-state index in [1.54, 1.807) is 45.0 Å². The zero-order chi connectivity index (χ0) is 38.3. The molecule has 0 bridgehead atoms. The van der Waals surface area contributed by atoms with Gasteiger partial charge in [-0.05, 0) is 58.2 Å². The minimum atomic E-state index is -0.893. The van der Waals surface area contributed by atoms with Gasteiger partial charge in [0.1, 0.15) is 12.6 Å². The maximum absolute atomic E-state index is 14.1. The van der Waals surface area contributed by atoms with Crippen molar-refractivity contribution >= 4 is 36.1 Å². The molecule has 15 heteroatoms. The Morgan fingerprint density at radius 2 is 1.13 bits per heavy atom. The molecule has 0 aliphatic carbocycles. The summed E-state index contributed by atoms with van der Waals surface area (Å²) in [4.78, 5) is 87.2. The summed E-state index contributed by atoms with van der Waals surface area (Å²) < 4.78 is 21.9. The Hall–Kier alpha value is -5.18. The van der Waals surface area contributed by atoms with E-state index < -0.39 is 36.3 Å². The predicted octanol–water partition coefficient (Wildman–Crippen LogP) is 4.25. The second-order valence-corrected chi connectivity index (χ2v) is 12.7. The summed E-state index contributed by atoms with van der Waals surface area (Å²) in [7, 11) is 0. The lowest BCUT2D eigenvalue weighted by atomic mass is 10.1. The Balaban J connectivity index is 1.64. The molecule has 288 valence electrons. The zero-order valence-corrected chi connectivity index (χ0v) is 31.1. The monoisotopic (exact) mass is 737 g/mol. The normalized spacial score (nSPS) is 17.7. The van der Waals surface area contributed by atoms with Gasteiger partial charge in [-0.25, -0.2) is 14.4 Å². The lowest BCUT2D eigenvalue weighted by Gasteiger charge is -2.39. The molecule has 15 nitrogen and oxygen atoms in total. The number of carbonyl (C=O) groups excluding carboxylic acids is 6. The van der Waals surface area contributed by atoms with Crippen molar-refractivity contribution in [2.75, 3.05) is 72.2 Å². The maximum atomic E-state index is 14.1. The molecular formula is C38H51N5O10. The summed E-state index contributed by atoms with van der Waals surface area (Å²) in [5.41, 5.74) is 1.47. The van der Waals surface area contributed by atoms with E-state index in [-0.39, 0.29) is 103 Å². The number of carbonyl (C=O) groups is 6. The molecule has 0 spiro atoms. The Bertz CT molecular complexity index is 1540. The number of hydrogen-bond donors (Lipinski definition) is 0. The highest BCUT2D eigenvalue weighted by Gasteiger charge is 2.37. The molecule has 2 heterocycles. The summed E-state index contributed by atoms with van der Waals surface area (Å²) in [6.45, 7) is 8.25. The van der Waals surface area contributed by atoms with Crippen LogP contribution in [0.2, 0.25) is 0 Å². The van der Waals surface area contributed by atoms with Crippen LogP contribution in [0.5, 0.6) is 0 Å². The van der Waals surface area contributed by atoms with E-state index in [0.29, 0.717) is 11.1 Å². The maximum Gasteiger partial charge on any atom is 0.409 e. The van der Waals surface area contributed by atoms with E-state index in [1.807, 2.05) is 42.2 Å². The van der Waals surface area contributed by atoms with Crippen LogP contribution in [0.15, 0.2) is 54.6 Å². The van der Waals surface area contributed by atoms with Crippen LogP contribution in [0.4, 0.5) is 14.4 Å². The van der Waals surface area contributed by atoms with Gasteiger partial charge in [0.05, 0.1) is 30.9 Å². The molecule has 0 N–H and O–H groups in total. The quantitative estimate of drug-likeness (QED) is 0.185. The summed E-state index contributed by atoms with van der Waals surface area (Å²) in [5, 5.41) is 0. The average molecular weight is 738 g/mol. The minimum absolute atomic E-state index is 0.0183. The molecule has 4 rings (SSSR count). The van der Waals surface area contributed by atoms with Crippen LogP contribution >= 0.6 is 0 Å². The van der Waals surface area contributed by atoms with Gasteiger partial charge in [-0.2, -0.15) is 0 Å². The largest absolute Gasteiger partial charge is 0.460 e. The van der Waals surface area contributed by atoms with Crippen molar-refractivity contribution in [3.8, 4) is 0 Å². The second kappa shape index (κ2) is 20.2. The van der Waals surface area contributed by atoms with Gasteiger partial charge in [0.25, 0.3) is 11.8 Å². The van der Waals surface area contributed by atoms with Gasteiger partial charge in [0.2, 0.25) is 0 Å². The van der Waals surface area contributed by atoms with E-state index in [9.17, 15) is 28.8 Å². The highest BCUT2D eigenvalue weighted by Crippen LogP contribution is 2.24. The molecule has 2 aliphatic rings. The Labute approximate surface area is 310 Å². The lowest BCUT2D eigenvalue weighted by molar-refractivity contribution is -0.153. The number of fused-ring (bicyclic) bond motifs is 1. The molecule has 2 aromatic rings. The smallest absolute Gasteiger partial charge is 0.409 e. The van der Waals surface area contributed by atoms with E-state index in [4.69, 9.17) is 18.9 Å². The van der Waals surface area contributed by atoms with Crippen molar-refractivity contribution in [3.63, 3.8) is 0 Å². The first-order valence-corrected chi connectivity index (χ1v) is 18.3. The predicted molar refractivity (Wildman–Crippen MR) is 193 cm³/mol. The van der Waals surface area contributed by atoms with Gasteiger partial charge < -0.3 is 33.6 Å². The van der Waals surface area contributed by atoms with Gasteiger partial charge in [-0.3, -0.25) is 24.2 Å².